The fourth-order valence-corrected chi connectivity index (χ4v) is 9.56. The Labute approximate surface area is 298 Å². The van der Waals surface area contributed by atoms with Crippen molar-refractivity contribution in [3.8, 4) is 0 Å². The van der Waals surface area contributed by atoms with Gasteiger partial charge in [0.1, 0.15) is 60.9 Å². The highest BCUT2D eigenvalue weighted by molar-refractivity contribution is 8.06. The largest absolute Gasteiger partial charge is 0.780 e. The molecule has 3 saturated heterocycles. The summed E-state index contributed by atoms with van der Waals surface area (Å²) in [5, 5.41) is -0.303. The maximum atomic E-state index is 16.2. The van der Waals surface area contributed by atoms with Gasteiger partial charge in [-0.25, -0.2) is 34.3 Å². The van der Waals surface area contributed by atoms with Crippen LogP contribution in [-0.4, -0.2) is 105 Å². The van der Waals surface area contributed by atoms with Gasteiger partial charge in [-0.3, -0.25) is 9.13 Å². The fraction of sp³-hybridized carbons (Fsp3) is 0.615. The number of nitrogens with zero attached hydrogens (tertiary/aromatic N) is 8. The monoisotopic (exact) mass is 783 g/mol. The number of ether oxygens (including phenoxy) is 2. The second-order valence-corrected chi connectivity index (χ2v) is 22.8. The van der Waals surface area contributed by atoms with E-state index in [4.69, 9.17) is 62.8 Å². The van der Waals surface area contributed by atoms with E-state index in [2.05, 4.69) is 29.9 Å². The molecule has 4 unspecified atom stereocenters. The van der Waals surface area contributed by atoms with E-state index in [1.54, 1.807) is 4.57 Å². The molecule has 0 spiro atoms. The first-order valence-corrected chi connectivity index (χ1v) is 22.8. The van der Waals surface area contributed by atoms with Crippen LogP contribution in [0.1, 0.15) is 33.2 Å². The summed E-state index contributed by atoms with van der Waals surface area (Å²) in [6, 6.07) is 0. The minimum absolute atomic E-state index is 0.0618. The molecule has 51 heavy (non-hydrogen) atoms. The van der Waals surface area contributed by atoms with Gasteiger partial charge in [0.15, 0.2) is 49.9 Å². The van der Waals surface area contributed by atoms with E-state index in [0.29, 0.717) is 11.2 Å². The number of imidazole rings is 2. The van der Waals surface area contributed by atoms with Crippen LogP contribution < -0.4 is 16.4 Å². The first-order chi connectivity index (χ1) is 23.9. The van der Waals surface area contributed by atoms with Gasteiger partial charge in [-0.2, -0.15) is 0 Å². The second-order valence-electron chi connectivity index (χ2n) is 13.8. The lowest BCUT2D eigenvalue weighted by molar-refractivity contribution is -0.217. The topological polar surface area (TPSA) is 244 Å². The summed E-state index contributed by atoms with van der Waals surface area (Å²) in [7, 11) is -1.17. The number of hydrogen-bond acceptors (Lipinski definition) is 18. The molecule has 0 saturated carbocycles. The standard InChI is InChI=1S/C26H36BFN10O9P2SSi/c1-26(2,3)51(4,5)47-19-18-13(44-25(19)38-11-36-16-21(30)32-9-34-23(16)38)6-41-48(27,39)45-17-12(7-42-49(40,50)46-18)43-24(14(17)28)37-10-35-15-20(29)31-8-33-22(15)37/h8-14,17-19,24-25H,6-7H2,1-5H3,(H,40,50)(H2,29,31,33)(H2,30,32,34)/q-1/p-1/t12-,13-,14+,17?,18+,19?,24-,25-,48?,49?/m1/s1. The number of fused-ring (bicyclic) bond motifs is 4. The number of nitrogens with two attached hydrogens (primary N) is 2. The minimum atomic E-state index is -4.56. The molecule has 25 heteroatoms. The van der Waals surface area contributed by atoms with Gasteiger partial charge < -0.3 is 60.5 Å². The Hall–Kier alpha value is -2.53. The second kappa shape index (κ2) is 13.1. The van der Waals surface area contributed by atoms with Crippen LogP contribution in [0, 0.1) is 0 Å². The number of aromatic nitrogens is 8. The molecule has 0 aliphatic carbocycles. The van der Waals surface area contributed by atoms with Gasteiger partial charge in [-0.15, -0.1) is 0 Å². The molecule has 0 amide bonds. The van der Waals surface area contributed by atoms with Gasteiger partial charge >= 0.3 is 0 Å². The van der Waals surface area contributed by atoms with Crippen LogP contribution in [0.5, 0.6) is 0 Å². The predicted octanol–water partition coefficient (Wildman–Crippen LogP) is 2.03. The number of nitrogen functional groups attached to an aromatic ring is 2. The van der Waals surface area contributed by atoms with Gasteiger partial charge in [0.25, 0.3) is 0 Å². The summed E-state index contributed by atoms with van der Waals surface area (Å²) < 4.78 is 74.9. The van der Waals surface area contributed by atoms with E-state index < -0.39 is 84.9 Å². The lowest BCUT2D eigenvalue weighted by Gasteiger charge is -2.42. The smallest absolute Gasteiger partial charge is 0.192 e. The molecule has 19 nitrogen and oxygen atoms in total. The maximum absolute atomic E-state index is 16.2. The molecule has 3 radical (unpaired) electrons. The highest BCUT2D eigenvalue weighted by atomic mass is 32.5. The van der Waals surface area contributed by atoms with Crippen LogP contribution in [-0.2, 0) is 48.4 Å². The van der Waals surface area contributed by atoms with E-state index in [0.717, 1.165) is 0 Å². The van der Waals surface area contributed by atoms with Crippen LogP contribution in [0.2, 0.25) is 18.1 Å². The summed E-state index contributed by atoms with van der Waals surface area (Å²) in [4.78, 5) is 38.8. The Morgan fingerprint density at radius 2 is 1.45 bits per heavy atom. The number of hydrogen-bond donors (Lipinski definition) is 2. The Morgan fingerprint density at radius 3 is 2.04 bits per heavy atom. The van der Waals surface area contributed by atoms with Gasteiger partial charge in [0.05, 0.1) is 33.3 Å². The van der Waals surface area contributed by atoms with Crippen molar-refractivity contribution < 1.29 is 45.8 Å². The third-order valence-electron chi connectivity index (χ3n) is 9.45. The van der Waals surface area contributed by atoms with Crippen LogP contribution in [0.15, 0.2) is 25.3 Å². The Bertz CT molecular complexity index is 2060. The molecule has 4 N–H and O–H groups in total. The molecule has 4 aromatic rings. The van der Waals surface area contributed by atoms with Gasteiger partial charge in [0.2, 0.25) is 0 Å². The number of halogens is 1. The number of rotatable bonds is 4. The average molecular weight is 784 g/mol. The van der Waals surface area contributed by atoms with E-state index in [1.807, 2.05) is 33.9 Å². The minimum Gasteiger partial charge on any atom is -0.780 e. The summed E-state index contributed by atoms with van der Waals surface area (Å²) >= 11 is 5.37. The zero-order valence-corrected chi connectivity index (χ0v) is 31.6. The number of alkyl halides is 1. The fourth-order valence-electron chi connectivity index (χ4n) is 5.85. The molecule has 7 heterocycles. The van der Waals surface area contributed by atoms with Crippen molar-refractivity contribution in [2.75, 3.05) is 24.7 Å². The predicted molar refractivity (Wildman–Crippen MR) is 184 cm³/mol. The molecule has 0 bridgehead atoms. The maximum Gasteiger partial charge on any atom is 0.192 e. The normalized spacial score (nSPS) is 35.4. The van der Waals surface area contributed by atoms with E-state index in [9.17, 15) is 9.46 Å². The zero-order valence-electron chi connectivity index (χ0n) is 28.0. The van der Waals surface area contributed by atoms with Crippen molar-refractivity contribution in [3.63, 3.8) is 0 Å². The molecule has 0 aromatic carbocycles. The molecule has 10 atom stereocenters. The SMILES string of the molecule is [B-]P1(=O)OC[C@H]2O[C@@H](n3cnc4c(N)ncnc43)C(O[Si](C)(C)C(C)(C)C)[C@H]2OP([O-])(=S)OC[C@H]2O[C@@H](n3cnc4c(N)ncnc43)[C@@H](F)C2O1. The van der Waals surface area contributed by atoms with Gasteiger partial charge in [-0.05, 0) is 18.1 Å². The average Bonchev–Trinajstić information content (AvgIpc) is 3.80. The first-order valence-electron chi connectivity index (χ1n) is 15.7. The lowest BCUT2D eigenvalue weighted by Crippen LogP contribution is -2.49. The van der Waals surface area contributed by atoms with Crippen molar-refractivity contribution in [1.29, 1.82) is 0 Å². The molecular weight excluding hydrogens is 748 g/mol. The third kappa shape index (κ3) is 6.88. The van der Waals surface area contributed by atoms with Crippen LogP contribution in [0.4, 0.5) is 16.0 Å². The van der Waals surface area contributed by atoms with Crippen LogP contribution in [0.3, 0.4) is 0 Å². The van der Waals surface area contributed by atoms with Crippen molar-refractivity contribution in [3.05, 3.63) is 25.3 Å². The summed E-state index contributed by atoms with van der Waals surface area (Å²) in [6.45, 7) is 4.51. The Balaban J connectivity index is 1.23. The molecule has 3 aliphatic rings. The summed E-state index contributed by atoms with van der Waals surface area (Å²) in [5.74, 6) is 0.195. The quantitative estimate of drug-likeness (QED) is 0.222. The molecule has 3 aliphatic heterocycles. The molecule has 4 aromatic heterocycles. The molecular formula is C26H35BFN10O9P2SSi-2. The van der Waals surface area contributed by atoms with E-state index in [-0.39, 0.29) is 27.8 Å². The first kappa shape index (κ1) is 36.8. The summed E-state index contributed by atoms with van der Waals surface area (Å²) in [6.07, 6.45) is -5.80. The highest BCUT2D eigenvalue weighted by Crippen LogP contribution is 2.54. The summed E-state index contributed by atoms with van der Waals surface area (Å²) in [5.41, 5.74) is 12.9. The molecule has 275 valence electrons. The zero-order chi connectivity index (χ0) is 36.7. The van der Waals surface area contributed by atoms with Gasteiger partial charge in [0, 0.05) is 0 Å². The van der Waals surface area contributed by atoms with Crippen molar-refractivity contribution in [1.82, 2.24) is 39.0 Å². The van der Waals surface area contributed by atoms with E-state index in [1.165, 1.54) is 29.9 Å². The van der Waals surface area contributed by atoms with Crippen molar-refractivity contribution in [2.45, 2.75) is 88.1 Å². The Morgan fingerprint density at radius 1 is 0.922 bits per heavy atom. The van der Waals surface area contributed by atoms with Gasteiger partial charge in [-0.1, -0.05) is 32.6 Å². The third-order valence-corrected chi connectivity index (χ3v) is 16.5. The molecule has 3 fully saturated rings. The van der Waals surface area contributed by atoms with Crippen molar-refractivity contribution in [2.24, 2.45) is 0 Å². The number of anilines is 2. The van der Waals surface area contributed by atoms with Crippen LogP contribution >= 0.6 is 14.2 Å². The Kier molecular flexibility index (Phi) is 9.45. The lowest BCUT2D eigenvalue weighted by atomic mass is 10.1. The molecule has 7 rings (SSSR count). The van der Waals surface area contributed by atoms with E-state index >= 15 is 4.39 Å². The highest BCUT2D eigenvalue weighted by Gasteiger charge is 2.54. The van der Waals surface area contributed by atoms with Crippen molar-refractivity contribution >= 4 is 75.8 Å². The van der Waals surface area contributed by atoms with Crippen LogP contribution in [0.25, 0.3) is 22.3 Å².